The van der Waals surface area contributed by atoms with Crippen LogP contribution in [-0.4, -0.2) is 42.2 Å². The smallest absolute Gasteiger partial charge is 0.253 e. The Morgan fingerprint density at radius 2 is 2.00 bits per heavy atom. The molecule has 0 aliphatic carbocycles. The standard InChI is InChI=1S/C22H23N7O/c1-16-11-20-22(24-7-10-29(20)26-16)27-8-4-17(5-9-27)14-28-15-25-19(12-21(28)30)18-3-2-6-23-13-18/h2-3,6-7,10-13,15,17H,4-5,8-9,14H2,1H3. The molecule has 0 aromatic carbocycles. The van der Waals surface area contributed by atoms with Crippen molar-refractivity contribution in [2.45, 2.75) is 26.3 Å². The Labute approximate surface area is 173 Å². The van der Waals surface area contributed by atoms with Crippen molar-refractivity contribution in [2.75, 3.05) is 18.0 Å². The molecule has 1 aliphatic heterocycles. The summed E-state index contributed by atoms with van der Waals surface area (Å²) in [5.74, 6) is 1.42. The van der Waals surface area contributed by atoms with E-state index < -0.39 is 0 Å². The Hall–Kier alpha value is -3.55. The van der Waals surface area contributed by atoms with Gasteiger partial charge in [0.2, 0.25) is 0 Å². The summed E-state index contributed by atoms with van der Waals surface area (Å²) in [6.07, 6.45) is 10.8. The molecule has 30 heavy (non-hydrogen) atoms. The molecule has 0 saturated carbocycles. The first-order valence-electron chi connectivity index (χ1n) is 10.2. The van der Waals surface area contributed by atoms with Crippen molar-refractivity contribution in [1.82, 2.24) is 29.1 Å². The fourth-order valence-corrected chi connectivity index (χ4v) is 4.11. The predicted molar refractivity (Wildman–Crippen MR) is 114 cm³/mol. The summed E-state index contributed by atoms with van der Waals surface area (Å²) in [4.78, 5) is 28.1. The molecule has 4 aromatic heterocycles. The Kier molecular flexibility index (Phi) is 4.74. The van der Waals surface area contributed by atoms with Crippen molar-refractivity contribution >= 4 is 11.3 Å². The lowest BCUT2D eigenvalue weighted by Crippen LogP contribution is -2.37. The van der Waals surface area contributed by atoms with Crippen LogP contribution in [0.2, 0.25) is 0 Å². The Morgan fingerprint density at radius 3 is 2.77 bits per heavy atom. The van der Waals surface area contributed by atoms with E-state index in [1.165, 1.54) is 0 Å². The second-order valence-corrected chi connectivity index (χ2v) is 7.80. The molecule has 4 aromatic rings. The topological polar surface area (TPSA) is 81.2 Å². The molecule has 0 unspecified atom stereocenters. The van der Waals surface area contributed by atoms with Gasteiger partial charge in [-0.2, -0.15) is 5.10 Å². The summed E-state index contributed by atoms with van der Waals surface area (Å²) in [5.41, 5.74) is 3.52. The molecule has 0 spiro atoms. The molecule has 152 valence electrons. The van der Waals surface area contributed by atoms with Crippen LogP contribution >= 0.6 is 0 Å². The van der Waals surface area contributed by atoms with Crippen molar-refractivity contribution in [2.24, 2.45) is 5.92 Å². The monoisotopic (exact) mass is 401 g/mol. The van der Waals surface area contributed by atoms with Gasteiger partial charge in [0.1, 0.15) is 5.52 Å². The fraction of sp³-hybridized carbons (Fsp3) is 0.318. The van der Waals surface area contributed by atoms with E-state index in [-0.39, 0.29) is 5.56 Å². The third-order valence-corrected chi connectivity index (χ3v) is 5.70. The van der Waals surface area contributed by atoms with Gasteiger partial charge in [0.15, 0.2) is 5.82 Å². The van der Waals surface area contributed by atoms with E-state index in [1.807, 2.05) is 29.8 Å². The average molecular weight is 401 g/mol. The summed E-state index contributed by atoms with van der Waals surface area (Å²) < 4.78 is 3.61. The molecular weight excluding hydrogens is 378 g/mol. The van der Waals surface area contributed by atoms with E-state index in [0.29, 0.717) is 18.2 Å². The quantitative estimate of drug-likeness (QED) is 0.523. The lowest BCUT2D eigenvalue weighted by Gasteiger charge is -2.33. The zero-order valence-electron chi connectivity index (χ0n) is 16.8. The number of aryl methyl sites for hydroxylation is 1. The van der Waals surface area contributed by atoms with Crippen LogP contribution in [0.25, 0.3) is 16.8 Å². The maximum atomic E-state index is 12.6. The molecule has 0 N–H and O–H groups in total. The zero-order chi connectivity index (χ0) is 20.5. The molecule has 1 fully saturated rings. The maximum absolute atomic E-state index is 12.6. The predicted octanol–water partition coefficient (Wildman–Crippen LogP) is 2.57. The Bertz CT molecular complexity index is 1220. The first kappa shape index (κ1) is 18.5. The SMILES string of the molecule is Cc1cc2c(N3CCC(Cn4cnc(-c5cccnc5)cc4=O)CC3)nccn2n1. The molecule has 1 saturated heterocycles. The molecule has 1 aliphatic rings. The van der Waals surface area contributed by atoms with Crippen LogP contribution < -0.4 is 10.5 Å². The van der Waals surface area contributed by atoms with Crippen molar-refractivity contribution in [3.8, 4) is 11.3 Å². The van der Waals surface area contributed by atoms with E-state index in [2.05, 4.69) is 31.0 Å². The van der Waals surface area contributed by atoms with Crippen LogP contribution in [0, 0.1) is 12.8 Å². The van der Waals surface area contributed by atoms with Gasteiger partial charge < -0.3 is 4.90 Å². The van der Waals surface area contributed by atoms with Crippen LogP contribution in [-0.2, 0) is 6.54 Å². The number of aromatic nitrogens is 6. The number of fused-ring (bicyclic) bond motifs is 1. The summed E-state index contributed by atoms with van der Waals surface area (Å²) >= 11 is 0. The molecular formula is C22H23N7O. The van der Waals surface area contributed by atoms with Crippen molar-refractivity contribution in [3.05, 3.63) is 71.4 Å². The highest BCUT2D eigenvalue weighted by Crippen LogP contribution is 2.26. The van der Waals surface area contributed by atoms with Gasteiger partial charge in [-0.3, -0.25) is 14.3 Å². The van der Waals surface area contributed by atoms with Gasteiger partial charge in [-0.25, -0.2) is 14.5 Å². The second kappa shape index (κ2) is 7.70. The van der Waals surface area contributed by atoms with Crippen LogP contribution in [0.15, 0.2) is 60.2 Å². The molecule has 8 nitrogen and oxygen atoms in total. The van der Waals surface area contributed by atoms with Gasteiger partial charge in [0, 0.05) is 56.1 Å². The molecule has 8 heteroatoms. The Morgan fingerprint density at radius 1 is 1.13 bits per heavy atom. The lowest BCUT2D eigenvalue weighted by molar-refractivity contribution is 0.350. The number of rotatable bonds is 4. The normalized spacial score (nSPS) is 15.0. The van der Waals surface area contributed by atoms with Gasteiger partial charge in [-0.15, -0.1) is 0 Å². The van der Waals surface area contributed by atoms with Crippen LogP contribution in [0.5, 0.6) is 0 Å². The number of piperidine rings is 1. The Balaban J connectivity index is 1.27. The molecule has 5 heterocycles. The van der Waals surface area contributed by atoms with Crippen LogP contribution in [0.1, 0.15) is 18.5 Å². The van der Waals surface area contributed by atoms with E-state index in [0.717, 1.165) is 48.5 Å². The summed E-state index contributed by atoms with van der Waals surface area (Å²) in [5, 5.41) is 4.48. The third-order valence-electron chi connectivity index (χ3n) is 5.70. The number of hydrogen-bond acceptors (Lipinski definition) is 6. The maximum Gasteiger partial charge on any atom is 0.253 e. The number of anilines is 1. The van der Waals surface area contributed by atoms with Crippen LogP contribution in [0.3, 0.4) is 0 Å². The van der Waals surface area contributed by atoms with Crippen molar-refractivity contribution < 1.29 is 0 Å². The first-order chi connectivity index (χ1) is 14.7. The highest BCUT2D eigenvalue weighted by molar-refractivity contribution is 5.69. The number of hydrogen-bond donors (Lipinski definition) is 0. The minimum Gasteiger partial charge on any atom is -0.355 e. The molecule has 0 atom stereocenters. The lowest BCUT2D eigenvalue weighted by atomic mass is 9.96. The number of nitrogens with zero attached hydrogens (tertiary/aromatic N) is 7. The van der Waals surface area contributed by atoms with Gasteiger partial charge >= 0.3 is 0 Å². The van der Waals surface area contributed by atoms with E-state index in [4.69, 9.17) is 0 Å². The fourth-order valence-electron chi connectivity index (χ4n) is 4.11. The molecule has 5 rings (SSSR count). The van der Waals surface area contributed by atoms with Gasteiger partial charge in [0.05, 0.1) is 17.7 Å². The summed E-state index contributed by atoms with van der Waals surface area (Å²) in [7, 11) is 0. The first-order valence-corrected chi connectivity index (χ1v) is 10.2. The van der Waals surface area contributed by atoms with Gasteiger partial charge in [0.25, 0.3) is 5.56 Å². The minimum absolute atomic E-state index is 0.0209. The summed E-state index contributed by atoms with van der Waals surface area (Å²) in [6.45, 7) is 4.51. The zero-order valence-corrected chi connectivity index (χ0v) is 16.8. The summed E-state index contributed by atoms with van der Waals surface area (Å²) in [6, 6.07) is 7.42. The molecule has 0 amide bonds. The third kappa shape index (κ3) is 3.56. The highest BCUT2D eigenvalue weighted by atomic mass is 16.1. The molecule has 0 bridgehead atoms. The van der Waals surface area contributed by atoms with Gasteiger partial charge in [-0.05, 0) is 43.9 Å². The average Bonchev–Trinajstić information content (AvgIpc) is 3.16. The van der Waals surface area contributed by atoms with Crippen LogP contribution in [0.4, 0.5) is 5.82 Å². The van der Waals surface area contributed by atoms with E-state index in [9.17, 15) is 4.79 Å². The van der Waals surface area contributed by atoms with Crippen molar-refractivity contribution in [1.29, 1.82) is 0 Å². The molecule has 0 radical (unpaired) electrons. The second-order valence-electron chi connectivity index (χ2n) is 7.80. The van der Waals surface area contributed by atoms with E-state index in [1.54, 1.807) is 35.6 Å². The minimum atomic E-state index is -0.0209. The highest BCUT2D eigenvalue weighted by Gasteiger charge is 2.22. The number of pyridine rings is 1. The van der Waals surface area contributed by atoms with Gasteiger partial charge in [-0.1, -0.05) is 0 Å². The van der Waals surface area contributed by atoms with Crippen molar-refractivity contribution in [3.63, 3.8) is 0 Å². The van der Waals surface area contributed by atoms with E-state index >= 15 is 0 Å². The largest absolute Gasteiger partial charge is 0.355 e.